The van der Waals surface area contributed by atoms with Crippen LogP contribution < -0.4 is 5.32 Å². The van der Waals surface area contributed by atoms with E-state index in [1.54, 1.807) is 0 Å². The summed E-state index contributed by atoms with van der Waals surface area (Å²) in [5.74, 6) is 0. The molecule has 0 saturated carbocycles. The summed E-state index contributed by atoms with van der Waals surface area (Å²) in [4.78, 5) is 2.11. The minimum Gasteiger partial charge on any atom is -0.379 e. The number of likely N-dealkylation sites (N-methyl/N-ethyl adjacent to an activating group) is 1. The molecule has 0 heterocycles. The molecule has 102 valence electrons. The second-order valence-electron chi connectivity index (χ2n) is 4.33. The van der Waals surface area contributed by atoms with E-state index in [9.17, 15) is 0 Å². The van der Waals surface area contributed by atoms with Gasteiger partial charge in [-0.25, -0.2) is 0 Å². The third kappa shape index (κ3) is 6.71. The van der Waals surface area contributed by atoms with Gasteiger partial charge in [-0.05, 0) is 37.9 Å². The largest absolute Gasteiger partial charge is 0.379 e. The number of hydrogen-bond acceptors (Lipinski definition) is 3. The number of nitrogens with zero attached hydrogens (tertiary/aromatic N) is 1. The zero-order valence-electron chi connectivity index (χ0n) is 10.9. The van der Waals surface area contributed by atoms with Crippen LogP contribution >= 0.6 is 27.5 Å². The third-order valence-electron chi connectivity index (χ3n) is 2.43. The smallest absolute Gasteiger partial charge is 0.0593 e. The summed E-state index contributed by atoms with van der Waals surface area (Å²) < 4.78 is 6.54. The van der Waals surface area contributed by atoms with Gasteiger partial charge in [0.15, 0.2) is 0 Å². The molecule has 0 aliphatic carbocycles. The molecule has 0 spiro atoms. The maximum absolute atomic E-state index is 6.10. The van der Waals surface area contributed by atoms with Gasteiger partial charge in [0.25, 0.3) is 0 Å². The van der Waals surface area contributed by atoms with Crippen molar-refractivity contribution >= 4 is 27.5 Å². The van der Waals surface area contributed by atoms with Crippen molar-refractivity contribution < 1.29 is 4.74 Å². The van der Waals surface area contributed by atoms with Crippen molar-refractivity contribution in [3.63, 3.8) is 0 Å². The maximum atomic E-state index is 6.10. The van der Waals surface area contributed by atoms with E-state index in [-0.39, 0.29) is 0 Å². The number of halogens is 2. The lowest BCUT2D eigenvalue weighted by Crippen LogP contribution is -2.23. The Morgan fingerprint density at radius 3 is 2.83 bits per heavy atom. The van der Waals surface area contributed by atoms with Gasteiger partial charge in [0.2, 0.25) is 0 Å². The first kappa shape index (κ1) is 15.9. The summed E-state index contributed by atoms with van der Waals surface area (Å²) in [6.45, 7) is 4.04. The number of rotatable bonds is 8. The van der Waals surface area contributed by atoms with E-state index in [1.165, 1.54) is 0 Å². The van der Waals surface area contributed by atoms with E-state index in [0.29, 0.717) is 0 Å². The minimum absolute atomic E-state index is 0.722. The minimum atomic E-state index is 0.722. The second-order valence-corrected chi connectivity index (χ2v) is 5.65. The molecular weight excluding hydrogens is 316 g/mol. The standard InChI is InChI=1S/C13H20BrClN2O/c1-17(2)6-8-18-7-5-16-10-11-9-12(14)3-4-13(11)15/h3-4,9,16H,5-8,10H2,1-2H3. The highest BCUT2D eigenvalue weighted by Gasteiger charge is 2.00. The van der Waals surface area contributed by atoms with Crippen LogP contribution in [-0.2, 0) is 11.3 Å². The summed E-state index contributed by atoms with van der Waals surface area (Å²) in [6.07, 6.45) is 0. The predicted molar refractivity (Wildman–Crippen MR) is 80.2 cm³/mol. The van der Waals surface area contributed by atoms with Crippen LogP contribution in [0.5, 0.6) is 0 Å². The number of benzene rings is 1. The van der Waals surface area contributed by atoms with Crippen LogP contribution in [0.3, 0.4) is 0 Å². The molecule has 1 aromatic carbocycles. The second kappa shape index (κ2) is 8.88. The third-order valence-corrected chi connectivity index (χ3v) is 3.29. The highest BCUT2D eigenvalue weighted by molar-refractivity contribution is 9.10. The Kier molecular flexibility index (Phi) is 7.86. The van der Waals surface area contributed by atoms with Crippen LogP contribution in [0.25, 0.3) is 0 Å². The van der Waals surface area contributed by atoms with Crippen molar-refractivity contribution in [1.29, 1.82) is 0 Å². The highest BCUT2D eigenvalue weighted by atomic mass is 79.9. The molecule has 1 N–H and O–H groups in total. The van der Waals surface area contributed by atoms with Gasteiger partial charge in [0.1, 0.15) is 0 Å². The summed E-state index contributed by atoms with van der Waals surface area (Å²) in [7, 11) is 4.08. The van der Waals surface area contributed by atoms with Crippen molar-refractivity contribution in [1.82, 2.24) is 10.2 Å². The number of nitrogens with one attached hydrogen (secondary N) is 1. The van der Waals surface area contributed by atoms with E-state index in [4.69, 9.17) is 16.3 Å². The average molecular weight is 336 g/mol. The van der Waals surface area contributed by atoms with E-state index in [2.05, 4.69) is 26.1 Å². The molecule has 0 fully saturated rings. The molecular formula is C13H20BrClN2O. The first-order chi connectivity index (χ1) is 8.59. The Bertz CT molecular complexity index is 361. The van der Waals surface area contributed by atoms with Crippen LogP contribution in [0.2, 0.25) is 5.02 Å². The summed E-state index contributed by atoms with van der Waals surface area (Å²) in [5.41, 5.74) is 1.10. The Hall–Kier alpha value is -0.130. The molecule has 1 aromatic rings. The molecule has 3 nitrogen and oxygen atoms in total. The Morgan fingerprint density at radius 2 is 2.11 bits per heavy atom. The van der Waals surface area contributed by atoms with Gasteiger partial charge in [0.05, 0.1) is 13.2 Å². The molecule has 0 aliphatic heterocycles. The lowest BCUT2D eigenvalue weighted by molar-refractivity contribution is 0.119. The maximum Gasteiger partial charge on any atom is 0.0593 e. The predicted octanol–water partition coefficient (Wildman–Crippen LogP) is 2.77. The molecule has 18 heavy (non-hydrogen) atoms. The summed E-state index contributed by atoms with van der Waals surface area (Å²) in [6, 6.07) is 5.87. The van der Waals surface area contributed by atoms with E-state index >= 15 is 0 Å². The topological polar surface area (TPSA) is 24.5 Å². The normalized spacial score (nSPS) is 11.2. The molecule has 0 unspecified atom stereocenters. The molecule has 0 amide bonds. The van der Waals surface area contributed by atoms with Crippen LogP contribution in [0.15, 0.2) is 22.7 Å². The Morgan fingerprint density at radius 1 is 1.33 bits per heavy atom. The van der Waals surface area contributed by atoms with Crippen molar-refractivity contribution in [2.75, 3.05) is 40.4 Å². The SMILES string of the molecule is CN(C)CCOCCNCc1cc(Br)ccc1Cl. The van der Waals surface area contributed by atoms with Gasteiger partial charge < -0.3 is 15.0 Å². The lowest BCUT2D eigenvalue weighted by atomic mass is 10.2. The summed E-state index contributed by atoms with van der Waals surface area (Å²) >= 11 is 9.53. The number of ether oxygens (including phenoxy) is 1. The zero-order chi connectivity index (χ0) is 13.4. The quantitative estimate of drug-likeness (QED) is 0.739. The van der Waals surface area contributed by atoms with E-state index in [1.807, 2.05) is 32.3 Å². The van der Waals surface area contributed by atoms with Gasteiger partial charge in [-0.15, -0.1) is 0 Å². The first-order valence-electron chi connectivity index (χ1n) is 5.96. The fourth-order valence-electron chi connectivity index (χ4n) is 1.40. The van der Waals surface area contributed by atoms with E-state index in [0.717, 1.165) is 47.9 Å². The molecule has 0 saturated heterocycles. The highest BCUT2D eigenvalue weighted by Crippen LogP contribution is 2.20. The molecule has 5 heteroatoms. The van der Waals surface area contributed by atoms with Crippen molar-refractivity contribution in [2.45, 2.75) is 6.54 Å². The number of hydrogen-bond donors (Lipinski definition) is 1. The van der Waals surface area contributed by atoms with E-state index < -0.39 is 0 Å². The summed E-state index contributed by atoms with van der Waals surface area (Å²) in [5, 5.41) is 4.10. The van der Waals surface area contributed by atoms with Gasteiger partial charge >= 0.3 is 0 Å². The molecule has 0 radical (unpaired) electrons. The van der Waals surface area contributed by atoms with Crippen molar-refractivity contribution in [2.24, 2.45) is 0 Å². The van der Waals surface area contributed by atoms with Gasteiger partial charge in [-0.2, -0.15) is 0 Å². The molecule has 0 aromatic heterocycles. The fraction of sp³-hybridized carbons (Fsp3) is 0.538. The molecule has 0 bridgehead atoms. The van der Waals surface area contributed by atoms with Crippen LogP contribution in [0.4, 0.5) is 0 Å². The lowest BCUT2D eigenvalue weighted by Gasteiger charge is -2.10. The van der Waals surface area contributed by atoms with Crippen LogP contribution in [0.1, 0.15) is 5.56 Å². The fourth-order valence-corrected chi connectivity index (χ4v) is 1.99. The first-order valence-corrected chi connectivity index (χ1v) is 7.14. The Balaban J connectivity index is 2.12. The van der Waals surface area contributed by atoms with Crippen molar-refractivity contribution in [3.05, 3.63) is 33.3 Å². The van der Waals surface area contributed by atoms with Crippen LogP contribution in [-0.4, -0.2) is 45.3 Å². The zero-order valence-corrected chi connectivity index (χ0v) is 13.2. The van der Waals surface area contributed by atoms with Gasteiger partial charge in [-0.3, -0.25) is 0 Å². The van der Waals surface area contributed by atoms with Gasteiger partial charge in [-0.1, -0.05) is 27.5 Å². The van der Waals surface area contributed by atoms with Crippen LogP contribution in [0, 0.1) is 0 Å². The monoisotopic (exact) mass is 334 g/mol. The molecule has 0 atom stereocenters. The molecule has 1 rings (SSSR count). The molecule has 0 aliphatic rings. The Labute approximate surface area is 123 Å². The van der Waals surface area contributed by atoms with Gasteiger partial charge in [0, 0.05) is 29.1 Å². The average Bonchev–Trinajstić information content (AvgIpc) is 2.32. The van der Waals surface area contributed by atoms with Crippen molar-refractivity contribution in [3.8, 4) is 0 Å².